The molecule has 2 N–H and O–H groups in total. The monoisotopic (exact) mass is 421 g/mol. The number of carbonyl (C=O) groups is 2. The van der Waals surface area contributed by atoms with Crippen LogP contribution in [0, 0.1) is 5.92 Å². The van der Waals surface area contributed by atoms with Gasteiger partial charge in [0.05, 0.1) is 4.90 Å². The molecule has 0 radical (unpaired) electrons. The summed E-state index contributed by atoms with van der Waals surface area (Å²) < 4.78 is 28.6. The van der Waals surface area contributed by atoms with Crippen molar-refractivity contribution in [3.05, 3.63) is 23.8 Å². The van der Waals surface area contributed by atoms with Gasteiger partial charge in [-0.1, -0.05) is 26.7 Å². The molecular weight excluding hydrogens is 390 g/mol. The normalized spacial score (nSPS) is 18.6. The lowest BCUT2D eigenvalue weighted by atomic mass is 10.0. The van der Waals surface area contributed by atoms with Gasteiger partial charge in [0.2, 0.25) is 21.8 Å². The van der Waals surface area contributed by atoms with Crippen LogP contribution in [0.15, 0.2) is 23.1 Å². The summed E-state index contributed by atoms with van der Waals surface area (Å²) in [6.45, 7) is 5.82. The summed E-state index contributed by atoms with van der Waals surface area (Å²) in [5, 5.41) is 2.99. The summed E-state index contributed by atoms with van der Waals surface area (Å²) in [6, 6.07) is 4.13. The maximum Gasteiger partial charge on any atom is 0.241 e. The average molecular weight is 422 g/mol. The maximum atomic E-state index is 13.0. The molecule has 29 heavy (non-hydrogen) atoms. The minimum Gasteiger partial charge on any atom is -0.352 e. The number of carbonyl (C=O) groups excluding carboxylic acids is 2. The number of nitrogens with one attached hydrogen (secondary N) is 2. The molecule has 1 atom stereocenters. The van der Waals surface area contributed by atoms with E-state index in [1.54, 1.807) is 17.0 Å². The fourth-order valence-corrected chi connectivity index (χ4v) is 5.55. The first-order valence-corrected chi connectivity index (χ1v) is 11.9. The van der Waals surface area contributed by atoms with E-state index in [0.29, 0.717) is 6.54 Å². The summed E-state index contributed by atoms with van der Waals surface area (Å²) in [5.41, 5.74) is 1.60. The average Bonchev–Trinajstić information content (AvgIpc) is 3.17. The molecule has 2 amide bonds. The summed E-state index contributed by atoms with van der Waals surface area (Å²) in [6.07, 6.45) is 5.59. The molecule has 2 aliphatic rings. The Morgan fingerprint density at radius 3 is 2.45 bits per heavy atom. The zero-order valence-electron chi connectivity index (χ0n) is 17.4. The van der Waals surface area contributed by atoms with E-state index in [1.807, 2.05) is 13.8 Å². The van der Waals surface area contributed by atoms with Crippen LogP contribution in [0.5, 0.6) is 0 Å². The van der Waals surface area contributed by atoms with Crippen LogP contribution in [0.25, 0.3) is 0 Å². The molecule has 1 fully saturated rings. The van der Waals surface area contributed by atoms with Crippen LogP contribution in [-0.4, -0.2) is 38.9 Å². The van der Waals surface area contributed by atoms with Crippen LogP contribution >= 0.6 is 0 Å². The molecular formula is C21H31N3O4S. The van der Waals surface area contributed by atoms with Crippen molar-refractivity contribution in [2.75, 3.05) is 11.4 Å². The zero-order valence-corrected chi connectivity index (χ0v) is 18.2. The number of hydrogen-bond acceptors (Lipinski definition) is 4. The highest BCUT2D eigenvalue weighted by molar-refractivity contribution is 7.89. The molecule has 160 valence electrons. The first-order valence-electron chi connectivity index (χ1n) is 10.4. The number of amides is 2. The largest absolute Gasteiger partial charge is 0.352 e. The Labute approximate surface area is 173 Å². The summed E-state index contributed by atoms with van der Waals surface area (Å²) >= 11 is 0. The highest BCUT2D eigenvalue weighted by atomic mass is 32.2. The molecule has 1 saturated carbocycles. The molecule has 1 aliphatic carbocycles. The van der Waals surface area contributed by atoms with E-state index in [2.05, 4.69) is 10.0 Å². The lowest BCUT2D eigenvalue weighted by Crippen LogP contribution is -2.51. The van der Waals surface area contributed by atoms with Crippen LogP contribution in [0.4, 0.5) is 5.69 Å². The van der Waals surface area contributed by atoms with E-state index in [4.69, 9.17) is 0 Å². The zero-order chi connectivity index (χ0) is 21.2. The second-order valence-electron chi connectivity index (χ2n) is 8.40. The topological polar surface area (TPSA) is 95.6 Å². The van der Waals surface area contributed by atoms with Crippen molar-refractivity contribution >= 4 is 27.5 Å². The molecule has 0 aromatic heterocycles. The van der Waals surface area contributed by atoms with Gasteiger partial charge in [-0.25, -0.2) is 8.42 Å². The standard InChI is InChI=1S/C21H31N3O4S/c1-14(2)20(21(26)22-17-8-4-5-9-17)23-29(27,28)18-10-11-19-16(13-18)7-6-12-24(19)15(3)25/h10-11,13-14,17,20,23H,4-9,12H2,1-3H3,(H,22,26). The molecule has 1 aliphatic heterocycles. The van der Waals surface area contributed by atoms with Gasteiger partial charge in [0, 0.05) is 25.2 Å². The lowest BCUT2D eigenvalue weighted by molar-refractivity contribution is -0.124. The van der Waals surface area contributed by atoms with Crippen LogP contribution in [0.2, 0.25) is 0 Å². The Morgan fingerprint density at radius 2 is 1.83 bits per heavy atom. The van der Waals surface area contributed by atoms with Gasteiger partial charge < -0.3 is 10.2 Å². The molecule has 1 heterocycles. The van der Waals surface area contributed by atoms with Crippen molar-refractivity contribution in [1.29, 1.82) is 0 Å². The Kier molecular flexibility index (Phi) is 6.63. The molecule has 0 bridgehead atoms. The molecule has 0 saturated heterocycles. The summed E-state index contributed by atoms with van der Waals surface area (Å²) in [4.78, 5) is 26.4. The third kappa shape index (κ3) is 4.98. The number of aryl methyl sites for hydroxylation is 1. The van der Waals surface area contributed by atoms with Crippen molar-refractivity contribution in [1.82, 2.24) is 10.0 Å². The van der Waals surface area contributed by atoms with Gasteiger partial charge in [-0.15, -0.1) is 0 Å². The third-order valence-corrected chi connectivity index (χ3v) is 7.23. The van der Waals surface area contributed by atoms with Crippen molar-refractivity contribution < 1.29 is 18.0 Å². The van der Waals surface area contributed by atoms with Crippen LogP contribution in [0.3, 0.4) is 0 Å². The fraction of sp³-hybridized carbons (Fsp3) is 0.619. The Hall–Kier alpha value is -1.93. The van der Waals surface area contributed by atoms with E-state index in [9.17, 15) is 18.0 Å². The van der Waals surface area contributed by atoms with E-state index in [-0.39, 0.29) is 28.7 Å². The highest BCUT2D eigenvalue weighted by Crippen LogP contribution is 2.29. The van der Waals surface area contributed by atoms with Gasteiger partial charge in [0.15, 0.2) is 0 Å². The number of anilines is 1. The van der Waals surface area contributed by atoms with Crippen molar-refractivity contribution in [2.24, 2.45) is 5.92 Å². The van der Waals surface area contributed by atoms with Gasteiger partial charge in [-0.3, -0.25) is 9.59 Å². The van der Waals surface area contributed by atoms with Crippen LogP contribution in [-0.2, 0) is 26.0 Å². The van der Waals surface area contributed by atoms with Crippen LogP contribution in [0.1, 0.15) is 58.4 Å². The molecule has 8 heteroatoms. The molecule has 1 aromatic carbocycles. The smallest absolute Gasteiger partial charge is 0.241 e. The van der Waals surface area contributed by atoms with E-state index < -0.39 is 16.1 Å². The maximum absolute atomic E-state index is 13.0. The first-order chi connectivity index (χ1) is 13.7. The van der Waals surface area contributed by atoms with Crippen LogP contribution < -0.4 is 14.9 Å². The van der Waals surface area contributed by atoms with Gasteiger partial charge in [0.1, 0.15) is 6.04 Å². The quantitative estimate of drug-likeness (QED) is 0.737. The molecule has 7 nitrogen and oxygen atoms in total. The Morgan fingerprint density at radius 1 is 1.14 bits per heavy atom. The number of rotatable bonds is 6. The SMILES string of the molecule is CC(=O)N1CCCc2cc(S(=O)(=O)NC(C(=O)NC3CCCC3)C(C)C)ccc21. The Bertz CT molecular complexity index is 876. The number of benzene rings is 1. The summed E-state index contributed by atoms with van der Waals surface area (Å²) in [5.74, 6) is -0.503. The predicted octanol–water partition coefficient (Wildman–Crippen LogP) is 2.35. The van der Waals surface area contributed by atoms with Crippen molar-refractivity contribution in [3.63, 3.8) is 0 Å². The molecule has 1 unspecified atom stereocenters. The van der Waals surface area contributed by atoms with Gasteiger partial charge in [-0.05, 0) is 55.4 Å². The minimum atomic E-state index is -3.87. The van der Waals surface area contributed by atoms with Crippen molar-refractivity contribution in [2.45, 2.75) is 76.3 Å². The number of hydrogen-bond donors (Lipinski definition) is 2. The number of sulfonamides is 1. The van der Waals surface area contributed by atoms with Gasteiger partial charge in [0.25, 0.3) is 0 Å². The second kappa shape index (κ2) is 8.83. The second-order valence-corrected chi connectivity index (χ2v) is 10.1. The van der Waals surface area contributed by atoms with E-state index in [1.165, 1.54) is 13.0 Å². The fourth-order valence-electron chi connectivity index (χ4n) is 4.16. The number of fused-ring (bicyclic) bond motifs is 1. The number of nitrogens with zero attached hydrogens (tertiary/aromatic N) is 1. The molecule has 0 spiro atoms. The summed E-state index contributed by atoms with van der Waals surface area (Å²) in [7, 11) is -3.87. The van der Waals surface area contributed by atoms with E-state index >= 15 is 0 Å². The van der Waals surface area contributed by atoms with Gasteiger partial charge in [-0.2, -0.15) is 4.72 Å². The third-order valence-electron chi connectivity index (χ3n) is 5.79. The molecule has 3 rings (SSSR count). The lowest BCUT2D eigenvalue weighted by Gasteiger charge is -2.29. The first kappa shape index (κ1) is 21.8. The predicted molar refractivity (Wildman–Crippen MR) is 112 cm³/mol. The molecule has 1 aromatic rings. The minimum absolute atomic E-state index is 0.0527. The van der Waals surface area contributed by atoms with Gasteiger partial charge >= 0.3 is 0 Å². The van der Waals surface area contributed by atoms with E-state index in [0.717, 1.165) is 49.8 Å². The Balaban J connectivity index is 1.80. The van der Waals surface area contributed by atoms with Crippen molar-refractivity contribution in [3.8, 4) is 0 Å². The highest BCUT2D eigenvalue weighted by Gasteiger charge is 2.31.